The Kier molecular flexibility index (Phi) is 4.19. The van der Waals surface area contributed by atoms with Gasteiger partial charge in [-0.15, -0.1) is 0 Å². The molecule has 1 aromatic carbocycles. The summed E-state index contributed by atoms with van der Waals surface area (Å²) in [5, 5.41) is 3.69. The van der Waals surface area contributed by atoms with Crippen LogP contribution in [-0.2, 0) is 6.54 Å². The van der Waals surface area contributed by atoms with Gasteiger partial charge in [0.05, 0.1) is 0 Å². The molecule has 0 radical (unpaired) electrons. The Bertz CT molecular complexity index is 362. The highest BCUT2D eigenvalue weighted by atomic mass is 15.1. The standard InChI is InChI=1S/C15H24N2/c1-12-5-4-6-14(9-12)11-16-15-7-8-17(3)13(2)10-15/h4-6,9,13,15-16H,7-8,10-11H2,1-3H3. The Balaban J connectivity index is 1.82. The van der Waals surface area contributed by atoms with E-state index >= 15 is 0 Å². The summed E-state index contributed by atoms with van der Waals surface area (Å²) in [4.78, 5) is 2.45. The van der Waals surface area contributed by atoms with Crippen molar-refractivity contribution < 1.29 is 0 Å². The molecule has 0 bridgehead atoms. The van der Waals surface area contributed by atoms with Crippen LogP contribution in [0.15, 0.2) is 24.3 Å². The minimum absolute atomic E-state index is 0.682. The summed E-state index contributed by atoms with van der Waals surface area (Å²) in [5.41, 5.74) is 2.75. The molecule has 1 N–H and O–H groups in total. The number of hydrogen-bond acceptors (Lipinski definition) is 2. The number of rotatable bonds is 3. The third-order valence-corrected chi connectivity index (χ3v) is 3.89. The van der Waals surface area contributed by atoms with Crippen LogP contribution in [0.2, 0.25) is 0 Å². The number of nitrogens with one attached hydrogen (secondary N) is 1. The Hall–Kier alpha value is -0.860. The molecule has 0 saturated carbocycles. The first kappa shape index (κ1) is 12.6. The fourth-order valence-corrected chi connectivity index (χ4v) is 2.56. The summed E-state index contributed by atoms with van der Waals surface area (Å²) in [7, 11) is 2.22. The van der Waals surface area contributed by atoms with Crippen LogP contribution in [0.3, 0.4) is 0 Å². The Morgan fingerprint density at radius 1 is 1.41 bits per heavy atom. The van der Waals surface area contributed by atoms with Crippen molar-refractivity contribution in [2.24, 2.45) is 0 Å². The van der Waals surface area contributed by atoms with Gasteiger partial charge >= 0.3 is 0 Å². The van der Waals surface area contributed by atoms with Gasteiger partial charge in [-0.05, 0) is 45.8 Å². The van der Waals surface area contributed by atoms with Crippen molar-refractivity contribution >= 4 is 0 Å². The lowest BCUT2D eigenvalue weighted by atomic mass is 9.98. The fraction of sp³-hybridized carbons (Fsp3) is 0.600. The second kappa shape index (κ2) is 5.65. The van der Waals surface area contributed by atoms with E-state index in [1.165, 1.54) is 30.5 Å². The number of aryl methyl sites for hydroxylation is 1. The van der Waals surface area contributed by atoms with Gasteiger partial charge in [0, 0.05) is 18.6 Å². The van der Waals surface area contributed by atoms with E-state index in [4.69, 9.17) is 0 Å². The zero-order valence-corrected chi connectivity index (χ0v) is 11.2. The van der Waals surface area contributed by atoms with E-state index in [-0.39, 0.29) is 0 Å². The molecule has 1 aliphatic heterocycles. The largest absolute Gasteiger partial charge is 0.310 e. The quantitative estimate of drug-likeness (QED) is 0.861. The van der Waals surface area contributed by atoms with E-state index in [9.17, 15) is 0 Å². The maximum atomic E-state index is 3.69. The van der Waals surface area contributed by atoms with Gasteiger partial charge in [0.25, 0.3) is 0 Å². The Labute approximate surface area is 105 Å². The summed E-state index contributed by atoms with van der Waals surface area (Å²) in [6, 6.07) is 10.2. The lowest BCUT2D eigenvalue weighted by Gasteiger charge is -2.35. The highest BCUT2D eigenvalue weighted by Crippen LogP contribution is 2.15. The van der Waals surface area contributed by atoms with Crippen LogP contribution in [0.1, 0.15) is 30.9 Å². The minimum Gasteiger partial charge on any atom is -0.310 e. The van der Waals surface area contributed by atoms with Crippen molar-refractivity contribution in [1.29, 1.82) is 0 Å². The molecule has 2 nitrogen and oxygen atoms in total. The van der Waals surface area contributed by atoms with Crippen LogP contribution in [0.5, 0.6) is 0 Å². The molecule has 1 aromatic rings. The van der Waals surface area contributed by atoms with Crippen molar-refractivity contribution in [3.63, 3.8) is 0 Å². The predicted octanol–water partition coefficient (Wildman–Crippen LogP) is 2.57. The van der Waals surface area contributed by atoms with Crippen LogP contribution < -0.4 is 5.32 Å². The molecule has 1 saturated heterocycles. The summed E-state index contributed by atoms with van der Waals surface area (Å²) < 4.78 is 0. The number of benzene rings is 1. The average Bonchev–Trinajstić information content (AvgIpc) is 2.31. The summed E-state index contributed by atoms with van der Waals surface area (Å²) >= 11 is 0. The van der Waals surface area contributed by atoms with Gasteiger partial charge in [0.1, 0.15) is 0 Å². The first-order valence-corrected chi connectivity index (χ1v) is 6.64. The van der Waals surface area contributed by atoms with E-state index in [0.29, 0.717) is 12.1 Å². The molecule has 0 aliphatic carbocycles. The number of piperidine rings is 1. The molecule has 17 heavy (non-hydrogen) atoms. The smallest absolute Gasteiger partial charge is 0.0208 e. The zero-order chi connectivity index (χ0) is 12.3. The monoisotopic (exact) mass is 232 g/mol. The zero-order valence-electron chi connectivity index (χ0n) is 11.2. The molecule has 2 unspecified atom stereocenters. The average molecular weight is 232 g/mol. The summed E-state index contributed by atoms with van der Waals surface area (Å²) in [5.74, 6) is 0. The third-order valence-electron chi connectivity index (χ3n) is 3.89. The molecule has 94 valence electrons. The van der Waals surface area contributed by atoms with Crippen LogP contribution in [0.4, 0.5) is 0 Å². The van der Waals surface area contributed by atoms with Gasteiger partial charge in [-0.3, -0.25) is 0 Å². The first-order chi connectivity index (χ1) is 8.15. The number of nitrogens with zero attached hydrogens (tertiary/aromatic N) is 1. The first-order valence-electron chi connectivity index (χ1n) is 6.64. The highest BCUT2D eigenvalue weighted by molar-refractivity contribution is 5.22. The van der Waals surface area contributed by atoms with E-state index in [0.717, 1.165) is 6.54 Å². The van der Waals surface area contributed by atoms with Crippen LogP contribution in [0.25, 0.3) is 0 Å². The molecule has 0 spiro atoms. The van der Waals surface area contributed by atoms with E-state index in [1.54, 1.807) is 0 Å². The van der Waals surface area contributed by atoms with Crippen molar-refractivity contribution in [3.8, 4) is 0 Å². The minimum atomic E-state index is 0.682. The number of hydrogen-bond donors (Lipinski definition) is 1. The molecule has 2 rings (SSSR count). The van der Waals surface area contributed by atoms with Crippen molar-refractivity contribution in [2.75, 3.05) is 13.6 Å². The van der Waals surface area contributed by atoms with E-state index < -0.39 is 0 Å². The number of likely N-dealkylation sites (tertiary alicyclic amines) is 1. The third kappa shape index (κ3) is 3.55. The van der Waals surface area contributed by atoms with Gasteiger partial charge in [0.15, 0.2) is 0 Å². The lowest BCUT2D eigenvalue weighted by molar-refractivity contribution is 0.168. The molecule has 0 amide bonds. The molecular weight excluding hydrogens is 208 g/mol. The van der Waals surface area contributed by atoms with Gasteiger partial charge in [-0.2, -0.15) is 0 Å². The lowest BCUT2D eigenvalue weighted by Crippen LogP contribution is -2.45. The molecule has 0 aromatic heterocycles. The van der Waals surface area contributed by atoms with E-state index in [1.807, 2.05) is 0 Å². The van der Waals surface area contributed by atoms with E-state index in [2.05, 4.69) is 55.4 Å². The summed E-state index contributed by atoms with van der Waals surface area (Å²) in [6.07, 6.45) is 2.54. The predicted molar refractivity (Wildman–Crippen MR) is 73.1 cm³/mol. The molecular formula is C15H24N2. The molecule has 2 heteroatoms. The van der Waals surface area contributed by atoms with Gasteiger partial charge < -0.3 is 10.2 Å². The maximum absolute atomic E-state index is 3.69. The molecule has 1 fully saturated rings. The summed E-state index contributed by atoms with van der Waals surface area (Å²) in [6.45, 7) is 6.69. The molecule has 1 aliphatic rings. The maximum Gasteiger partial charge on any atom is 0.0208 e. The van der Waals surface area contributed by atoms with Crippen LogP contribution in [-0.4, -0.2) is 30.6 Å². The van der Waals surface area contributed by atoms with Gasteiger partial charge in [-0.1, -0.05) is 29.8 Å². The second-order valence-corrected chi connectivity index (χ2v) is 5.42. The van der Waals surface area contributed by atoms with Crippen molar-refractivity contribution in [2.45, 2.75) is 45.3 Å². The molecule has 1 heterocycles. The Morgan fingerprint density at radius 3 is 2.94 bits per heavy atom. The van der Waals surface area contributed by atoms with Gasteiger partial charge in [0.2, 0.25) is 0 Å². The fourth-order valence-electron chi connectivity index (χ4n) is 2.56. The Morgan fingerprint density at radius 2 is 2.24 bits per heavy atom. The van der Waals surface area contributed by atoms with Gasteiger partial charge in [-0.25, -0.2) is 0 Å². The highest BCUT2D eigenvalue weighted by Gasteiger charge is 2.21. The van der Waals surface area contributed by atoms with Crippen molar-refractivity contribution in [3.05, 3.63) is 35.4 Å². The second-order valence-electron chi connectivity index (χ2n) is 5.42. The topological polar surface area (TPSA) is 15.3 Å². The van der Waals surface area contributed by atoms with Crippen LogP contribution in [0, 0.1) is 6.92 Å². The van der Waals surface area contributed by atoms with Crippen LogP contribution >= 0.6 is 0 Å². The van der Waals surface area contributed by atoms with Crippen molar-refractivity contribution in [1.82, 2.24) is 10.2 Å². The molecule has 2 atom stereocenters. The normalized spacial score (nSPS) is 26.1. The SMILES string of the molecule is Cc1cccc(CNC2CCN(C)C(C)C2)c1.